The monoisotopic (exact) mass is 893 g/mol. The highest BCUT2D eigenvalue weighted by Crippen LogP contribution is 2.47. The standard InChI is InChI=1S/C48H51N3O12S/c1-28(53)57-26-41-46(59-30(3)55)47(60-31(4)56)45(58-29(2)54)39(61-41)22-42(64)49-23-32-14-20-36(21-15-32)48-62-40(24-51-27-50-37-12-8-9-13-38(37)51)43(34-10-6-5-7-11-34)44(63-48)35-18-16-33(25-52)17-19-35/h5-21,27,39-41,43-48,52H,22-26H2,1-4H3,(H,49,64). The van der Waals surface area contributed by atoms with Crippen molar-refractivity contribution in [2.75, 3.05) is 6.61 Å². The maximum atomic E-state index is 12.3. The summed E-state index contributed by atoms with van der Waals surface area (Å²) in [4.78, 5) is 53.4. The van der Waals surface area contributed by atoms with Crippen LogP contribution in [0.3, 0.4) is 0 Å². The Labute approximate surface area is 375 Å². The number of aromatic nitrogens is 2. The predicted octanol–water partition coefficient (Wildman–Crippen LogP) is 6.10. The Morgan fingerprint density at radius 2 is 1.28 bits per heavy atom. The van der Waals surface area contributed by atoms with Crippen molar-refractivity contribution in [2.24, 2.45) is 0 Å². The number of nitrogens with zero attached hydrogens (tertiary/aromatic N) is 2. The molecule has 9 atom stereocenters. The molecule has 0 saturated carbocycles. The second-order valence-electron chi connectivity index (χ2n) is 15.7. The van der Waals surface area contributed by atoms with E-state index < -0.39 is 66.8 Å². The number of hydrogen-bond donors (Lipinski definition) is 2. The van der Waals surface area contributed by atoms with E-state index in [1.807, 2.05) is 97.3 Å². The van der Waals surface area contributed by atoms with Gasteiger partial charge in [-0.3, -0.25) is 19.2 Å². The van der Waals surface area contributed by atoms with Crippen LogP contribution in [0.25, 0.3) is 11.0 Å². The molecule has 0 aliphatic carbocycles. The summed E-state index contributed by atoms with van der Waals surface area (Å²) in [5.41, 5.74) is 6.37. The number of carbonyl (C=O) groups excluding carboxylic acids is 4. The fourth-order valence-electron chi connectivity index (χ4n) is 8.25. The molecule has 0 spiro atoms. The first-order chi connectivity index (χ1) is 30.9. The number of imidazole rings is 1. The number of esters is 4. The number of benzene rings is 4. The Morgan fingerprint density at radius 1 is 0.672 bits per heavy atom. The summed E-state index contributed by atoms with van der Waals surface area (Å²) < 4.78 is 44.1. The number of thiocarbonyl (C=S) groups is 1. The van der Waals surface area contributed by atoms with Gasteiger partial charge in [-0.05, 0) is 34.4 Å². The third-order valence-corrected chi connectivity index (χ3v) is 11.4. The van der Waals surface area contributed by atoms with Crippen LogP contribution in [0.15, 0.2) is 109 Å². The van der Waals surface area contributed by atoms with Gasteiger partial charge in [0.05, 0.1) is 47.7 Å². The summed E-state index contributed by atoms with van der Waals surface area (Å²) in [7, 11) is 0. The van der Waals surface area contributed by atoms with E-state index in [0.717, 1.165) is 38.9 Å². The molecule has 1 aromatic heterocycles. The van der Waals surface area contributed by atoms with Crippen molar-refractivity contribution < 1.29 is 57.4 Å². The third kappa shape index (κ3) is 11.4. The smallest absolute Gasteiger partial charge is 0.303 e. The lowest BCUT2D eigenvalue weighted by Crippen LogP contribution is -2.62. The van der Waals surface area contributed by atoms with E-state index >= 15 is 0 Å². The Morgan fingerprint density at radius 3 is 1.94 bits per heavy atom. The zero-order valence-electron chi connectivity index (χ0n) is 35.9. The Bertz CT molecular complexity index is 2410. The topological polar surface area (TPSA) is 183 Å². The molecule has 0 radical (unpaired) electrons. The molecular formula is C48H51N3O12S. The number of fused-ring (bicyclic) bond motifs is 1. The van der Waals surface area contributed by atoms with Gasteiger partial charge < -0.3 is 48.1 Å². The minimum Gasteiger partial charge on any atom is -0.463 e. The summed E-state index contributed by atoms with van der Waals surface area (Å²) in [5.74, 6) is -2.93. The number of ether oxygens (including phenoxy) is 7. The van der Waals surface area contributed by atoms with Crippen LogP contribution in [-0.2, 0) is 72.0 Å². The number of aliphatic hydroxyl groups excluding tert-OH is 1. The van der Waals surface area contributed by atoms with Crippen LogP contribution in [0.1, 0.15) is 80.2 Å². The van der Waals surface area contributed by atoms with Gasteiger partial charge in [0.25, 0.3) is 0 Å². The first kappa shape index (κ1) is 46.0. The van der Waals surface area contributed by atoms with E-state index in [-0.39, 0.29) is 31.7 Å². The lowest BCUT2D eigenvalue weighted by molar-refractivity contribution is -0.263. The number of carbonyl (C=O) groups is 4. The van der Waals surface area contributed by atoms with Gasteiger partial charge in [0.1, 0.15) is 18.8 Å². The molecule has 3 heterocycles. The first-order valence-electron chi connectivity index (χ1n) is 21.0. The highest BCUT2D eigenvalue weighted by atomic mass is 32.1. The quantitative estimate of drug-likeness (QED) is 0.0698. The van der Waals surface area contributed by atoms with E-state index in [1.54, 1.807) is 0 Å². The Balaban J connectivity index is 1.10. The van der Waals surface area contributed by atoms with Crippen molar-refractivity contribution in [3.8, 4) is 0 Å². The predicted molar refractivity (Wildman–Crippen MR) is 235 cm³/mol. The molecule has 5 aromatic rings. The van der Waals surface area contributed by atoms with E-state index in [4.69, 9.17) is 45.4 Å². The zero-order chi connectivity index (χ0) is 45.3. The minimum absolute atomic E-state index is 0.00703. The number of aliphatic hydroxyl groups is 1. The average molecular weight is 894 g/mol. The number of para-hydroxylation sites is 2. The molecule has 2 fully saturated rings. The Kier molecular flexibility index (Phi) is 15.1. The van der Waals surface area contributed by atoms with Crippen LogP contribution in [0.4, 0.5) is 0 Å². The number of rotatable bonds is 15. The fourth-order valence-corrected chi connectivity index (χ4v) is 8.48. The molecule has 15 nitrogen and oxygen atoms in total. The molecule has 16 heteroatoms. The van der Waals surface area contributed by atoms with Crippen LogP contribution < -0.4 is 5.32 Å². The van der Waals surface area contributed by atoms with E-state index in [9.17, 15) is 24.3 Å². The molecule has 0 amide bonds. The van der Waals surface area contributed by atoms with Gasteiger partial charge in [-0.2, -0.15) is 0 Å². The number of hydrogen-bond acceptors (Lipinski definition) is 14. The number of nitrogens with one attached hydrogen (secondary N) is 1. The second-order valence-corrected chi connectivity index (χ2v) is 16.2. The van der Waals surface area contributed by atoms with Crippen LogP contribution >= 0.6 is 12.2 Å². The highest BCUT2D eigenvalue weighted by Gasteiger charge is 2.52. The van der Waals surface area contributed by atoms with Crippen molar-refractivity contribution in [1.29, 1.82) is 0 Å². The molecule has 2 N–H and O–H groups in total. The first-order valence-corrected chi connectivity index (χ1v) is 21.4. The van der Waals surface area contributed by atoms with Gasteiger partial charge in [-0.25, -0.2) is 4.98 Å². The third-order valence-electron chi connectivity index (χ3n) is 11.1. The normalized spacial score (nSPS) is 24.3. The van der Waals surface area contributed by atoms with Crippen molar-refractivity contribution in [3.05, 3.63) is 137 Å². The molecule has 0 bridgehead atoms. The van der Waals surface area contributed by atoms with Gasteiger partial charge in [0, 0.05) is 52.1 Å². The van der Waals surface area contributed by atoms with Crippen molar-refractivity contribution >= 4 is 52.1 Å². The van der Waals surface area contributed by atoms with Gasteiger partial charge >= 0.3 is 23.9 Å². The van der Waals surface area contributed by atoms with Crippen molar-refractivity contribution in [1.82, 2.24) is 14.9 Å². The average Bonchev–Trinajstić information content (AvgIpc) is 3.69. The lowest BCUT2D eigenvalue weighted by Gasteiger charge is -2.44. The van der Waals surface area contributed by atoms with Gasteiger partial charge in [0.15, 0.2) is 24.6 Å². The molecule has 9 unspecified atom stereocenters. The minimum atomic E-state index is -1.29. The molecule has 336 valence electrons. The Hall–Kier alpha value is -6.04. The fraction of sp³-hybridized carbons (Fsp3) is 0.375. The molecular weight excluding hydrogens is 843 g/mol. The van der Waals surface area contributed by atoms with Crippen LogP contribution in [-0.4, -0.2) is 86.8 Å². The van der Waals surface area contributed by atoms with E-state index in [2.05, 4.69) is 27.0 Å². The van der Waals surface area contributed by atoms with Crippen molar-refractivity contribution in [3.63, 3.8) is 0 Å². The van der Waals surface area contributed by atoms with E-state index in [0.29, 0.717) is 18.1 Å². The maximum absolute atomic E-state index is 12.3. The van der Waals surface area contributed by atoms with Gasteiger partial charge in [-0.15, -0.1) is 0 Å². The molecule has 2 aliphatic heterocycles. The lowest BCUT2D eigenvalue weighted by atomic mass is 9.83. The summed E-state index contributed by atoms with van der Waals surface area (Å²) in [6.45, 7) is 5.15. The van der Waals surface area contributed by atoms with Gasteiger partial charge in [-0.1, -0.05) is 103 Å². The van der Waals surface area contributed by atoms with Crippen LogP contribution in [0, 0.1) is 0 Å². The van der Waals surface area contributed by atoms with E-state index in [1.165, 1.54) is 27.7 Å². The van der Waals surface area contributed by atoms with Gasteiger partial charge in [0.2, 0.25) is 0 Å². The van der Waals surface area contributed by atoms with Crippen LogP contribution in [0.2, 0.25) is 0 Å². The molecule has 2 saturated heterocycles. The SMILES string of the molecule is CC(=O)OCC1OC(CC(=S)NCc2ccc(C3OC(Cn4cnc5ccccc54)C(c4ccccc4)C(c4ccc(CO)cc4)O3)cc2)C(OC(C)=O)C(OC(C)=O)C1OC(C)=O. The molecule has 7 rings (SSSR count). The largest absolute Gasteiger partial charge is 0.463 e. The molecule has 4 aromatic carbocycles. The van der Waals surface area contributed by atoms with Crippen LogP contribution in [0.5, 0.6) is 0 Å². The summed E-state index contributed by atoms with van der Waals surface area (Å²) >= 11 is 5.74. The summed E-state index contributed by atoms with van der Waals surface area (Å²) in [6, 6.07) is 33.8. The zero-order valence-corrected chi connectivity index (χ0v) is 36.7. The van der Waals surface area contributed by atoms with Crippen molar-refractivity contribution in [2.45, 2.75) is 109 Å². The maximum Gasteiger partial charge on any atom is 0.303 e. The summed E-state index contributed by atoms with van der Waals surface area (Å²) in [6.07, 6.45) is -5.48. The second kappa shape index (κ2) is 21.1. The highest BCUT2D eigenvalue weighted by molar-refractivity contribution is 7.80. The molecule has 2 aliphatic rings. The summed E-state index contributed by atoms with van der Waals surface area (Å²) in [5, 5.41) is 13.0. The molecule has 64 heavy (non-hydrogen) atoms.